The minimum atomic E-state index is -0.433. The van der Waals surface area contributed by atoms with E-state index in [0.717, 1.165) is 25.1 Å². The second-order valence-corrected chi connectivity index (χ2v) is 4.38. The van der Waals surface area contributed by atoms with E-state index >= 15 is 0 Å². The van der Waals surface area contributed by atoms with Gasteiger partial charge in [0.15, 0.2) is 0 Å². The summed E-state index contributed by atoms with van der Waals surface area (Å²) in [6, 6.07) is 4.66. The highest BCUT2D eigenvalue weighted by Crippen LogP contribution is 2.13. The summed E-state index contributed by atoms with van der Waals surface area (Å²) in [6.45, 7) is 4.89. The van der Waals surface area contributed by atoms with Crippen molar-refractivity contribution in [1.82, 2.24) is 10.2 Å². The Hall–Kier alpha value is -1.42. The average Bonchev–Trinajstić information content (AvgIpc) is 2.60. The van der Waals surface area contributed by atoms with Gasteiger partial charge in [0.1, 0.15) is 5.82 Å². The summed E-state index contributed by atoms with van der Waals surface area (Å²) in [5.74, 6) is -0.632. The Morgan fingerprint density at radius 3 is 3.00 bits per heavy atom. The zero-order chi connectivity index (χ0) is 12.3. The molecular weight excluding hydrogens is 219 g/mol. The Labute approximate surface area is 101 Å². The first-order valence-corrected chi connectivity index (χ1v) is 5.94. The van der Waals surface area contributed by atoms with E-state index in [4.69, 9.17) is 0 Å². The van der Waals surface area contributed by atoms with Gasteiger partial charge in [-0.3, -0.25) is 4.79 Å². The van der Waals surface area contributed by atoms with Crippen molar-refractivity contribution >= 4 is 5.91 Å². The minimum absolute atomic E-state index is 0.187. The normalized spacial score (nSPS) is 16.7. The molecule has 0 aliphatic carbocycles. The van der Waals surface area contributed by atoms with Crippen LogP contribution in [0.2, 0.25) is 0 Å². The molecule has 0 radical (unpaired) electrons. The van der Waals surface area contributed by atoms with Crippen molar-refractivity contribution in [3.63, 3.8) is 0 Å². The second kappa shape index (κ2) is 5.27. The van der Waals surface area contributed by atoms with Crippen LogP contribution in [0.4, 0.5) is 4.39 Å². The van der Waals surface area contributed by atoms with Crippen LogP contribution in [0, 0.1) is 12.7 Å². The maximum absolute atomic E-state index is 13.6. The van der Waals surface area contributed by atoms with Crippen LogP contribution in [0.3, 0.4) is 0 Å². The van der Waals surface area contributed by atoms with E-state index in [0.29, 0.717) is 13.1 Å². The predicted octanol–water partition coefficient (Wildman–Crippen LogP) is 1.57. The fraction of sp³-hybridized carbons (Fsp3) is 0.462. The molecule has 1 heterocycles. The van der Waals surface area contributed by atoms with Crippen LogP contribution in [-0.4, -0.2) is 37.0 Å². The van der Waals surface area contributed by atoms with Gasteiger partial charge in [0.2, 0.25) is 0 Å². The summed E-state index contributed by atoms with van der Waals surface area (Å²) in [5, 5.41) is 3.22. The summed E-state index contributed by atoms with van der Waals surface area (Å²) in [7, 11) is 0. The third-order valence-corrected chi connectivity index (χ3v) is 2.98. The Morgan fingerprint density at radius 1 is 1.35 bits per heavy atom. The van der Waals surface area contributed by atoms with Crippen LogP contribution in [0.5, 0.6) is 0 Å². The van der Waals surface area contributed by atoms with Crippen molar-refractivity contribution < 1.29 is 9.18 Å². The van der Waals surface area contributed by atoms with Crippen molar-refractivity contribution in [3.05, 3.63) is 35.1 Å². The number of carbonyl (C=O) groups excluding carboxylic acids is 1. The molecule has 1 saturated heterocycles. The molecule has 3 nitrogen and oxygen atoms in total. The van der Waals surface area contributed by atoms with Crippen LogP contribution < -0.4 is 5.32 Å². The van der Waals surface area contributed by atoms with Crippen LogP contribution in [0.25, 0.3) is 0 Å². The molecule has 0 atom stereocenters. The van der Waals surface area contributed by atoms with Crippen LogP contribution in [0.1, 0.15) is 22.3 Å². The molecule has 1 aromatic carbocycles. The molecule has 0 aromatic heterocycles. The number of nitrogens with one attached hydrogen (secondary N) is 1. The van der Waals surface area contributed by atoms with Gasteiger partial charge in [0.05, 0.1) is 5.56 Å². The molecular formula is C13H17FN2O. The minimum Gasteiger partial charge on any atom is -0.337 e. The molecule has 1 aromatic rings. The van der Waals surface area contributed by atoms with Crippen molar-refractivity contribution in [2.45, 2.75) is 13.3 Å². The molecule has 1 N–H and O–H groups in total. The van der Waals surface area contributed by atoms with Crippen LogP contribution >= 0.6 is 0 Å². The van der Waals surface area contributed by atoms with E-state index in [1.165, 1.54) is 6.07 Å². The van der Waals surface area contributed by atoms with E-state index in [1.54, 1.807) is 17.0 Å². The van der Waals surface area contributed by atoms with Crippen LogP contribution in [0.15, 0.2) is 18.2 Å². The van der Waals surface area contributed by atoms with E-state index in [9.17, 15) is 9.18 Å². The van der Waals surface area contributed by atoms with Gasteiger partial charge in [-0.2, -0.15) is 0 Å². The lowest BCUT2D eigenvalue weighted by molar-refractivity contribution is 0.0761. The van der Waals surface area contributed by atoms with E-state index in [-0.39, 0.29) is 11.5 Å². The molecule has 0 spiro atoms. The Morgan fingerprint density at radius 2 is 2.18 bits per heavy atom. The van der Waals surface area contributed by atoms with Gasteiger partial charge in [-0.15, -0.1) is 0 Å². The summed E-state index contributed by atoms with van der Waals surface area (Å²) in [4.78, 5) is 13.9. The number of hydrogen-bond acceptors (Lipinski definition) is 2. The van der Waals surface area contributed by atoms with Gasteiger partial charge in [0, 0.05) is 19.6 Å². The first-order chi connectivity index (χ1) is 8.18. The first-order valence-electron chi connectivity index (χ1n) is 5.94. The molecule has 1 fully saturated rings. The smallest absolute Gasteiger partial charge is 0.256 e. The van der Waals surface area contributed by atoms with Gasteiger partial charge >= 0.3 is 0 Å². The van der Waals surface area contributed by atoms with E-state index in [1.807, 2.05) is 6.92 Å². The van der Waals surface area contributed by atoms with Gasteiger partial charge in [0.25, 0.3) is 5.91 Å². The number of halogens is 1. The Bertz CT molecular complexity index is 412. The second-order valence-electron chi connectivity index (χ2n) is 4.38. The lowest BCUT2D eigenvalue weighted by atomic mass is 10.1. The lowest BCUT2D eigenvalue weighted by Crippen LogP contribution is -2.34. The quantitative estimate of drug-likeness (QED) is 0.802. The number of nitrogens with zero attached hydrogens (tertiary/aromatic N) is 1. The molecule has 1 aliphatic rings. The lowest BCUT2D eigenvalue weighted by Gasteiger charge is -2.20. The molecule has 1 aliphatic heterocycles. The summed E-state index contributed by atoms with van der Waals surface area (Å²) in [6.07, 6.45) is 0.916. The molecule has 92 valence electrons. The van der Waals surface area contributed by atoms with Gasteiger partial charge in [-0.1, -0.05) is 11.6 Å². The summed E-state index contributed by atoms with van der Waals surface area (Å²) in [5.41, 5.74) is 1.09. The third-order valence-electron chi connectivity index (χ3n) is 2.98. The molecule has 17 heavy (non-hydrogen) atoms. The van der Waals surface area contributed by atoms with Gasteiger partial charge in [-0.05, 0) is 32.0 Å². The molecule has 0 bridgehead atoms. The van der Waals surface area contributed by atoms with Gasteiger partial charge in [-0.25, -0.2) is 4.39 Å². The number of amides is 1. The molecule has 1 amide bonds. The Kier molecular flexibility index (Phi) is 3.74. The van der Waals surface area contributed by atoms with Gasteiger partial charge < -0.3 is 10.2 Å². The summed E-state index contributed by atoms with van der Waals surface area (Å²) < 4.78 is 13.6. The number of benzene rings is 1. The molecule has 0 saturated carbocycles. The van der Waals surface area contributed by atoms with E-state index < -0.39 is 5.82 Å². The summed E-state index contributed by atoms with van der Waals surface area (Å²) >= 11 is 0. The highest BCUT2D eigenvalue weighted by molar-refractivity contribution is 5.94. The highest BCUT2D eigenvalue weighted by atomic mass is 19.1. The topological polar surface area (TPSA) is 32.3 Å². The number of aryl methyl sites for hydroxylation is 1. The van der Waals surface area contributed by atoms with Crippen LogP contribution in [-0.2, 0) is 0 Å². The van der Waals surface area contributed by atoms with Crippen molar-refractivity contribution in [2.24, 2.45) is 0 Å². The maximum Gasteiger partial charge on any atom is 0.256 e. The predicted molar refractivity (Wildman–Crippen MR) is 64.5 cm³/mol. The number of carbonyl (C=O) groups is 1. The fourth-order valence-corrected chi connectivity index (χ4v) is 2.02. The fourth-order valence-electron chi connectivity index (χ4n) is 2.02. The Balaban J connectivity index is 2.20. The maximum atomic E-state index is 13.6. The molecule has 0 unspecified atom stereocenters. The largest absolute Gasteiger partial charge is 0.337 e. The molecule has 4 heteroatoms. The van der Waals surface area contributed by atoms with Crippen molar-refractivity contribution in [3.8, 4) is 0 Å². The first kappa shape index (κ1) is 12.0. The zero-order valence-corrected chi connectivity index (χ0v) is 10.0. The standard InChI is InChI=1S/C13H17FN2O/c1-10-3-4-12(14)11(9-10)13(17)16-7-2-5-15-6-8-16/h3-4,9,15H,2,5-8H2,1H3. The molecule has 2 rings (SSSR count). The van der Waals surface area contributed by atoms with E-state index in [2.05, 4.69) is 5.32 Å². The zero-order valence-electron chi connectivity index (χ0n) is 10.0. The van der Waals surface area contributed by atoms with Crippen molar-refractivity contribution in [1.29, 1.82) is 0 Å². The van der Waals surface area contributed by atoms with Crippen molar-refractivity contribution in [2.75, 3.05) is 26.2 Å². The highest BCUT2D eigenvalue weighted by Gasteiger charge is 2.19. The SMILES string of the molecule is Cc1ccc(F)c(C(=O)N2CCCNCC2)c1. The number of rotatable bonds is 1. The third kappa shape index (κ3) is 2.82. The number of hydrogen-bond donors (Lipinski definition) is 1. The average molecular weight is 236 g/mol. The monoisotopic (exact) mass is 236 g/mol.